The molecule has 11 heavy (non-hydrogen) atoms. The summed E-state index contributed by atoms with van der Waals surface area (Å²) >= 11 is 2.54. The van der Waals surface area contributed by atoms with Gasteiger partial charge in [-0.05, 0) is 15.9 Å². The minimum atomic E-state index is -3.46. The predicted molar refractivity (Wildman–Crippen MR) is 44.7 cm³/mol. The maximum atomic E-state index is 11.0. The molecular formula is C6H5BrNO2S. The van der Waals surface area contributed by atoms with E-state index in [9.17, 15) is 8.42 Å². The minimum absolute atomic E-state index is 0.192. The summed E-state index contributed by atoms with van der Waals surface area (Å²) < 4.78 is 25.1. The van der Waals surface area contributed by atoms with Crippen LogP contribution >= 0.6 is 16.1 Å². The minimum Gasteiger partial charge on any atom is -0.205 e. The van der Waals surface area contributed by atoms with Crippen molar-refractivity contribution >= 4 is 26.2 Å². The van der Waals surface area contributed by atoms with Crippen LogP contribution in [0.2, 0.25) is 0 Å². The number of hydrogen-bond donors (Lipinski definition) is 0. The second-order valence-corrected chi connectivity index (χ2v) is 4.29. The van der Waals surface area contributed by atoms with Crippen molar-refractivity contribution < 1.29 is 8.42 Å². The molecule has 0 aliphatic heterocycles. The van der Waals surface area contributed by atoms with E-state index < -0.39 is 10.0 Å². The van der Waals surface area contributed by atoms with E-state index in [-0.39, 0.29) is 4.90 Å². The van der Waals surface area contributed by atoms with E-state index in [4.69, 9.17) is 0 Å². The first-order valence-corrected chi connectivity index (χ1v) is 4.95. The SMILES string of the molecule is O=S(=O)([N]Br)c1ccccc1. The second kappa shape index (κ2) is 3.34. The van der Waals surface area contributed by atoms with E-state index in [1.54, 1.807) is 18.2 Å². The third-order valence-corrected chi connectivity index (χ3v) is 3.33. The third-order valence-electron chi connectivity index (χ3n) is 1.13. The van der Waals surface area contributed by atoms with Gasteiger partial charge in [0.05, 0.1) is 4.90 Å². The zero-order valence-corrected chi connectivity index (χ0v) is 7.84. The lowest BCUT2D eigenvalue weighted by Crippen LogP contribution is -2.06. The van der Waals surface area contributed by atoms with Gasteiger partial charge in [0.25, 0.3) is 10.0 Å². The first-order chi connectivity index (χ1) is 5.17. The van der Waals surface area contributed by atoms with Crippen molar-refractivity contribution in [3.8, 4) is 0 Å². The standard InChI is InChI=1S/C6H5BrNO2S/c7-8-11(9,10)6-4-2-1-3-5-6/h1-5H. The quantitative estimate of drug-likeness (QED) is 0.775. The topological polar surface area (TPSA) is 48.2 Å². The van der Waals surface area contributed by atoms with Gasteiger partial charge in [0.1, 0.15) is 0 Å². The lowest BCUT2D eigenvalue weighted by Gasteiger charge is -1.95. The first kappa shape index (κ1) is 8.70. The largest absolute Gasteiger partial charge is 0.267 e. The molecule has 0 amide bonds. The molecule has 0 heterocycles. The summed E-state index contributed by atoms with van der Waals surface area (Å²) in [6.45, 7) is 0. The Morgan fingerprint density at radius 2 is 1.73 bits per heavy atom. The van der Waals surface area contributed by atoms with Gasteiger partial charge in [0.15, 0.2) is 0 Å². The predicted octanol–water partition coefficient (Wildman–Crippen LogP) is 1.29. The Morgan fingerprint density at radius 3 is 2.18 bits per heavy atom. The normalized spacial score (nSPS) is 11.4. The summed E-state index contributed by atoms with van der Waals surface area (Å²) in [4.78, 5) is 0.192. The highest BCUT2D eigenvalue weighted by atomic mass is 79.9. The molecule has 5 heteroatoms. The molecule has 1 aromatic carbocycles. The Kier molecular flexibility index (Phi) is 2.64. The van der Waals surface area contributed by atoms with Crippen molar-refractivity contribution in [2.75, 3.05) is 0 Å². The van der Waals surface area contributed by atoms with Crippen molar-refractivity contribution in [3.63, 3.8) is 0 Å². The van der Waals surface area contributed by atoms with Crippen LogP contribution in [0.4, 0.5) is 0 Å². The molecule has 0 spiro atoms. The average molecular weight is 235 g/mol. The maximum absolute atomic E-state index is 11.0. The van der Waals surface area contributed by atoms with Gasteiger partial charge in [0, 0.05) is 16.1 Å². The zero-order chi connectivity index (χ0) is 8.32. The zero-order valence-electron chi connectivity index (χ0n) is 5.44. The smallest absolute Gasteiger partial charge is 0.205 e. The lowest BCUT2D eigenvalue weighted by atomic mass is 10.4. The number of nitrogens with zero attached hydrogens (tertiary/aromatic N) is 1. The van der Waals surface area contributed by atoms with Crippen molar-refractivity contribution in [1.82, 2.24) is 3.75 Å². The van der Waals surface area contributed by atoms with Gasteiger partial charge in [0.2, 0.25) is 0 Å². The summed E-state index contributed by atoms with van der Waals surface area (Å²) in [6.07, 6.45) is 0. The Labute approximate surface area is 73.8 Å². The van der Waals surface area contributed by atoms with Crippen molar-refractivity contribution in [2.24, 2.45) is 0 Å². The van der Waals surface area contributed by atoms with Crippen LogP contribution in [0.5, 0.6) is 0 Å². The van der Waals surface area contributed by atoms with E-state index in [2.05, 4.69) is 19.9 Å². The van der Waals surface area contributed by atoms with E-state index in [0.29, 0.717) is 0 Å². The molecule has 1 radical (unpaired) electrons. The number of benzene rings is 1. The van der Waals surface area contributed by atoms with Gasteiger partial charge >= 0.3 is 0 Å². The van der Waals surface area contributed by atoms with Crippen LogP contribution in [-0.4, -0.2) is 8.42 Å². The second-order valence-electron chi connectivity index (χ2n) is 1.86. The number of sulfonamides is 1. The van der Waals surface area contributed by atoms with E-state index >= 15 is 0 Å². The van der Waals surface area contributed by atoms with Crippen LogP contribution in [0.25, 0.3) is 0 Å². The van der Waals surface area contributed by atoms with E-state index in [0.717, 1.165) is 0 Å². The summed E-state index contributed by atoms with van der Waals surface area (Å²) in [7, 11) is -3.46. The number of halogens is 1. The van der Waals surface area contributed by atoms with Gasteiger partial charge in [-0.25, -0.2) is 8.42 Å². The molecule has 1 aromatic rings. The van der Waals surface area contributed by atoms with Crippen LogP contribution < -0.4 is 3.75 Å². The van der Waals surface area contributed by atoms with E-state index in [1.807, 2.05) is 0 Å². The molecule has 0 bridgehead atoms. The Bertz CT molecular complexity index is 322. The summed E-state index contributed by atoms with van der Waals surface area (Å²) in [5.74, 6) is 0. The van der Waals surface area contributed by atoms with Gasteiger partial charge in [-0.15, -0.1) is 0 Å². The molecule has 1 rings (SSSR count). The van der Waals surface area contributed by atoms with Gasteiger partial charge < -0.3 is 0 Å². The van der Waals surface area contributed by atoms with Crippen molar-refractivity contribution in [3.05, 3.63) is 30.3 Å². The molecular weight excluding hydrogens is 230 g/mol. The van der Waals surface area contributed by atoms with Crippen molar-refractivity contribution in [2.45, 2.75) is 4.90 Å². The molecule has 0 saturated heterocycles. The molecule has 59 valence electrons. The van der Waals surface area contributed by atoms with Crippen LogP contribution in [0, 0.1) is 0 Å². The lowest BCUT2D eigenvalue weighted by molar-refractivity contribution is 0.594. The molecule has 0 aliphatic rings. The molecule has 0 N–H and O–H groups in total. The highest BCUT2D eigenvalue weighted by molar-refractivity contribution is 9.09. The molecule has 0 aromatic heterocycles. The molecule has 0 atom stereocenters. The van der Waals surface area contributed by atoms with Gasteiger partial charge in [-0.1, -0.05) is 18.2 Å². The van der Waals surface area contributed by atoms with Crippen LogP contribution in [-0.2, 0) is 10.0 Å². The van der Waals surface area contributed by atoms with Crippen LogP contribution in [0.1, 0.15) is 0 Å². The number of hydrogen-bond acceptors (Lipinski definition) is 2. The molecule has 0 aliphatic carbocycles. The Morgan fingerprint density at radius 1 is 1.18 bits per heavy atom. The van der Waals surface area contributed by atoms with Crippen LogP contribution in [0.3, 0.4) is 0 Å². The van der Waals surface area contributed by atoms with E-state index in [1.165, 1.54) is 12.1 Å². The van der Waals surface area contributed by atoms with Crippen molar-refractivity contribution in [1.29, 1.82) is 0 Å². The Balaban J connectivity index is 3.14. The van der Waals surface area contributed by atoms with Crippen LogP contribution in [0.15, 0.2) is 35.2 Å². The highest BCUT2D eigenvalue weighted by Crippen LogP contribution is 2.08. The molecule has 3 nitrogen and oxygen atoms in total. The fourth-order valence-electron chi connectivity index (χ4n) is 0.632. The highest BCUT2D eigenvalue weighted by Gasteiger charge is 2.11. The first-order valence-electron chi connectivity index (χ1n) is 2.80. The van der Waals surface area contributed by atoms with Gasteiger partial charge in [-0.3, -0.25) is 0 Å². The fraction of sp³-hybridized carbons (Fsp3) is 0. The molecule has 0 saturated carbocycles. The maximum Gasteiger partial charge on any atom is 0.267 e. The summed E-state index contributed by atoms with van der Waals surface area (Å²) in [6, 6.07) is 8.00. The number of rotatable bonds is 2. The monoisotopic (exact) mass is 234 g/mol. The average Bonchev–Trinajstić information content (AvgIpc) is 2.06. The summed E-state index contributed by atoms with van der Waals surface area (Å²) in [5, 5.41) is 0. The molecule has 0 fully saturated rings. The summed E-state index contributed by atoms with van der Waals surface area (Å²) in [5.41, 5.74) is 0. The van der Waals surface area contributed by atoms with Gasteiger partial charge in [-0.2, -0.15) is 0 Å². The Hall–Kier alpha value is -0.390. The fourth-order valence-corrected chi connectivity index (χ4v) is 1.71. The molecule has 0 unspecified atom stereocenters. The third kappa shape index (κ3) is 2.02.